The molecule has 0 bridgehead atoms. The van der Waals surface area contributed by atoms with Gasteiger partial charge in [-0.3, -0.25) is 14.4 Å². The third kappa shape index (κ3) is 10.5. The molecule has 0 aromatic heterocycles. The Kier molecular flexibility index (Phi) is 10.8. The predicted octanol–water partition coefficient (Wildman–Crippen LogP) is 1.08. The zero-order valence-corrected chi connectivity index (χ0v) is 17.6. The van der Waals surface area contributed by atoms with Crippen LogP contribution in [0, 0.1) is 18.8 Å². The fourth-order valence-electron chi connectivity index (χ4n) is 2.89. The Labute approximate surface area is 172 Å². The molecule has 1 saturated heterocycles. The summed E-state index contributed by atoms with van der Waals surface area (Å²) in [5, 5.41) is 2.61. The highest BCUT2D eigenvalue weighted by atomic mass is 16.5. The van der Waals surface area contributed by atoms with Crippen LogP contribution in [0.25, 0.3) is 0 Å². The van der Waals surface area contributed by atoms with E-state index >= 15 is 0 Å². The highest BCUT2D eigenvalue weighted by molar-refractivity contribution is 5.88. The van der Waals surface area contributed by atoms with E-state index < -0.39 is 11.8 Å². The van der Waals surface area contributed by atoms with Crippen LogP contribution in [0.2, 0.25) is 0 Å². The van der Waals surface area contributed by atoms with E-state index in [4.69, 9.17) is 16.2 Å². The fourth-order valence-corrected chi connectivity index (χ4v) is 2.89. The lowest BCUT2D eigenvalue weighted by atomic mass is 9.93. The van der Waals surface area contributed by atoms with Gasteiger partial charge in [0.05, 0.1) is 19.8 Å². The third-order valence-corrected chi connectivity index (χ3v) is 4.43. The molecular formula is C21H34N4O4. The molecule has 8 nitrogen and oxygen atoms in total. The number of nitrogens with zero attached hydrogens (tertiary/aromatic N) is 1. The molecular weight excluding hydrogens is 372 g/mol. The number of aryl methyl sites for hydroxylation is 1. The second kappa shape index (κ2) is 12.8. The Morgan fingerprint density at radius 3 is 2.21 bits per heavy atom. The largest absolute Gasteiger partial charge is 0.399 e. The molecule has 1 aromatic carbocycles. The van der Waals surface area contributed by atoms with Gasteiger partial charge in [-0.05, 0) is 31.4 Å². The molecule has 1 heterocycles. The molecule has 1 unspecified atom stereocenters. The van der Waals surface area contributed by atoms with Crippen LogP contribution in [0.5, 0.6) is 0 Å². The molecule has 1 aliphatic heterocycles. The second-order valence-corrected chi connectivity index (χ2v) is 7.62. The van der Waals surface area contributed by atoms with Crippen molar-refractivity contribution < 1.29 is 19.1 Å². The minimum atomic E-state index is -0.504. The number of carbonyl (C=O) groups is 3. The topological polar surface area (TPSA) is 128 Å². The molecule has 8 heteroatoms. The van der Waals surface area contributed by atoms with E-state index in [2.05, 4.69) is 5.32 Å². The summed E-state index contributed by atoms with van der Waals surface area (Å²) in [7, 11) is 0. The first kappa shape index (κ1) is 24.4. The number of nitrogen functional groups attached to an aromatic ring is 1. The van der Waals surface area contributed by atoms with Crippen LogP contribution in [0.4, 0.5) is 5.69 Å². The first-order chi connectivity index (χ1) is 13.7. The van der Waals surface area contributed by atoms with Crippen LogP contribution in [-0.2, 0) is 19.1 Å². The molecule has 162 valence electrons. The molecule has 0 radical (unpaired) electrons. The fraction of sp³-hybridized carbons (Fsp3) is 0.571. The number of primary amides is 1. The van der Waals surface area contributed by atoms with Crippen molar-refractivity contribution in [2.24, 2.45) is 17.6 Å². The highest BCUT2D eigenvalue weighted by Gasteiger charge is 2.23. The van der Waals surface area contributed by atoms with Crippen molar-refractivity contribution in [3.63, 3.8) is 0 Å². The summed E-state index contributed by atoms with van der Waals surface area (Å²) in [5.41, 5.74) is 12.7. The third-order valence-electron chi connectivity index (χ3n) is 4.43. The normalized spacial score (nSPS) is 14.6. The Balaban J connectivity index is 0.000000436. The van der Waals surface area contributed by atoms with Gasteiger partial charge >= 0.3 is 0 Å². The summed E-state index contributed by atoms with van der Waals surface area (Å²) in [6, 6.07) is 7.79. The van der Waals surface area contributed by atoms with E-state index in [9.17, 15) is 14.4 Å². The number of rotatable bonds is 7. The van der Waals surface area contributed by atoms with E-state index in [0.29, 0.717) is 32.7 Å². The molecule has 0 saturated carbocycles. The van der Waals surface area contributed by atoms with E-state index in [1.54, 1.807) is 4.90 Å². The quantitative estimate of drug-likeness (QED) is 0.584. The number of carbonyl (C=O) groups excluding carboxylic acids is 3. The lowest BCUT2D eigenvalue weighted by Gasteiger charge is -2.27. The molecule has 1 fully saturated rings. The molecule has 1 aliphatic rings. The van der Waals surface area contributed by atoms with Gasteiger partial charge in [-0.15, -0.1) is 0 Å². The van der Waals surface area contributed by atoms with Crippen LogP contribution >= 0.6 is 0 Å². The van der Waals surface area contributed by atoms with Crippen molar-refractivity contribution in [3.05, 3.63) is 29.8 Å². The first-order valence-electron chi connectivity index (χ1n) is 9.92. The Morgan fingerprint density at radius 2 is 1.72 bits per heavy atom. The van der Waals surface area contributed by atoms with Gasteiger partial charge in [0, 0.05) is 31.1 Å². The number of anilines is 1. The van der Waals surface area contributed by atoms with Crippen molar-refractivity contribution in [2.45, 2.75) is 33.6 Å². The molecule has 5 N–H and O–H groups in total. The summed E-state index contributed by atoms with van der Waals surface area (Å²) < 4.78 is 5.17. The molecule has 2 rings (SSSR count). The molecule has 1 atom stereocenters. The van der Waals surface area contributed by atoms with Crippen molar-refractivity contribution in [1.82, 2.24) is 10.2 Å². The standard InChI is InChI=1S/C14H25N3O4.C7H9N/c1-10(2)7-11(8-12(15)18)14(20)16-9-13(19)17-3-5-21-6-4-17;1-6-2-4-7(8)5-3-6/h10-11H,3-9H2,1-2H3,(H2,15,18)(H,16,20);2-5H,8H2,1H3. The molecule has 0 spiro atoms. The summed E-state index contributed by atoms with van der Waals surface area (Å²) in [4.78, 5) is 36.7. The minimum absolute atomic E-state index is 0.00968. The van der Waals surface area contributed by atoms with Crippen molar-refractivity contribution in [1.29, 1.82) is 0 Å². The first-order valence-corrected chi connectivity index (χ1v) is 9.92. The van der Waals surface area contributed by atoms with Crippen LogP contribution < -0.4 is 16.8 Å². The molecule has 3 amide bonds. The van der Waals surface area contributed by atoms with Gasteiger partial charge in [0.15, 0.2) is 0 Å². The van der Waals surface area contributed by atoms with Crippen LogP contribution in [0.1, 0.15) is 32.3 Å². The average Bonchev–Trinajstić information content (AvgIpc) is 2.68. The highest BCUT2D eigenvalue weighted by Crippen LogP contribution is 2.15. The van der Waals surface area contributed by atoms with Crippen molar-refractivity contribution in [2.75, 3.05) is 38.6 Å². The molecule has 29 heavy (non-hydrogen) atoms. The summed E-state index contributed by atoms with van der Waals surface area (Å²) in [6.07, 6.45) is 0.580. The van der Waals surface area contributed by atoms with E-state index in [1.165, 1.54) is 5.56 Å². The smallest absolute Gasteiger partial charge is 0.242 e. The lowest BCUT2D eigenvalue weighted by Crippen LogP contribution is -2.46. The number of benzene rings is 1. The monoisotopic (exact) mass is 406 g/mol. The lowest BCUT2D eigenvalue weighted by molar-refractivity contribution is -0.137. The number of hydrogen-bond donors (Lipinski definition) is 3. The average molecular weight is 407 g/mol. The van der Waals surface area contributed by atoms with Gasteiger partial charge in [0.1, 0.15) is 0 Å². The summed E-state index contributed by atoms with van der Waals surface area (Å²) in [5.74, 6) is -1.12. The van der Waals surface area contributed by atoms with E-state index in [-0.39, 0.29) is 30.7 Å². The zero-order valence-electron chi connectivity index (χ0n) is 17.6. The zero-order chi connectivity index (χ0) is 21.8. The van der Waals surface area contributed by atoms with Crippen LogP contribution in [0.15, 0.2) is 24.3 Å². The van der Waals surface area contributed by atoms with Crippen molar-refractivity contribution in [3.8, 4) is 0 Å². The summed E-state index contributed by atoms with van der Waals surface area (Å²) >= 11 is 0. The van der Waals surface area contributed by atoms with Gasteiger partial charge in [0.2, 0.25) is 17.7 Å². The number of amides is 3. The van der Waals surface area contributed by atoms with Gasteiger partial charge in [0.25, 0.3) is 0 Å². The maximum Gasteiger partial charge on any atom is 0.242 e. The number of hydrogen-bond acceptors (Lipinski definition) is 5. The molecule has 1 aromatic rings. The number of nitrogens with one attached hydrogen (secondary N) is 1. The minimum Gasteiger partial charge on any atom is -0.399 e. The van der Waals surface area contributed by atoms with Gasteiger partial charge in [-0.2, -0.15) is 0 Å². The maximum absolute atomic E-state index is 12.1. The number of morpholine rings is 1. The number of ether oxygens (including phenoxy) is 1. The SMILES string of the molecule is CC(C)CC(CC(N)=O)C(=O)NCC(=O)N1CCOCC1.Cc1ccc(N)cc1. The van der Waals surface area contributed by atoms with Crippen molar-refractivity contribution >= 4 is 23.4 Å². The Morgan fingerprint density at radius 1 is 1.14 bits per heavy atom. The Hall–Kier alpha value is -2.61. The number of nitrogens with two attached hydrogens (primary N) is 2. The van der Waals surface area contributed by atoms with Gasteiger partial charge in [-0.25, -0.2) is 0 Å². The predicted molar refractivity (Wildman–Crippen MR) is 113 cm³/mol. The summed E-state index contributed by atoms with van der Waals surface area (Å²) in [6.45, 7) is 8.08. The van der Waals surface area contributed by atoms with E-state index in [0.717, 1.165) is 5.69 Å². The second-order valence-electron chi connectivity index (χ2n) is 7.62. The van der Waals surface area contributed by atoms with Gasteiger partial charge < -0.3 is 26.4 Å². The Bertz CT molecular complexity index is 634. The maximum atomic E-state index is 12.1. The molecule has 0 aliphatic carbocycles. The van der Waals surface area contributed by atoms with Gasteiger partial charge in [-0.1, -0.05) is 31.5 Å². The van der Waals surface area contributed by atoms with Crippen LogP contribution in [-0.4, -0.2) is 55.5 Å². The van der Waals surface area contributed by atoms with Crippen LogP contribution in [0.3, 0.4) is 0 Å². The van der Waals surface area contributed by atoms with E-state index in [1.807, 2.05) is 45.0 Å².